The highest BCUT2D eigenvalue weighted by Gasteiger charge is 2.19. The van der Waals surface area contributed by atoms with E-state index >= 15 is 0 Å². The Morgan fingerprint density at radius 2 is 2.50 bits per heavy atom. The Bertz CT molecular complexity index is 333. The molecule has 1 amide bonds. The van der Waals surface area contributed by atoms with Crippen LogP contribution in [0.3, 0.4) is 0 Å². The molecule has 1 fully saturated rings. The molecule has 2 heterocycles. The van der Waals surface area contributed by atoms with Crippen LogP contribution in [0.1, 0.15) is 16.1 Å². The molecule has 0 aromatic carbocycles. The first kappa shape index (κ1) is 10.5. The van der Waals surface area contributed by atoms with Gasteiger partial charge in [-0.05, 0) is 39.6 Å². The molecule has 0 saturated carbocycles. The Kier molecular flexibility index (Phi) is 3.52. The minimum Gasteiger partial charge on any atom is -0.348 e. The summed E-state index contributed by atoms with van der Waals surface area (Å²) in [7, 11) is 0. The van der Waals surface area contributed by atoms with E-state index in [1.54, 1.807) is 0 Å². The molecule has 1 unspecified atom stereocenters. The van der Waals surface area contributed by atoms with E-state index in [0.29, 0.717) is 6.04 Å². The molecule has 0 spiro atoms. The monoisotopic (exact) mass is 291 g/mol. The maximum Gasteiger partial charge on any atom is 0.262 e. The minimum absolute atomic E-state index is 0.0550. The second-order valence-electron chi connectivity index (χ2n) is 3.13. The van der Waals surface area contributed by atoms with Crippen molar-refractivity contribution >= 4 is 44.9 Å². The van der Waals surface area contributed by atoms with E-state index < -0.39 is 0 Å². The van der Waals surface area contributed by atoms with E-state index in [1.807, 2.05) is 23.2 Å². The predicted molar refractivity (Wildman–Crippen MR) is 65.2 cm³/mol. The maximum absolute atomic E-state index is 11.7. The molecule has 1 aliphatic heterocycles. The molecule has 5 heteroatoms. The zero-order valence-corrected chi connectivity index (χ0v) is 10.7. The van der Waals surface area contributed by atoms with Crippen LogP contribution in [-0.2, 0) is 0 Å². The summed E-state index contributed by atoms with van der Waals surface area (Å²) in [6.07, 6.45) is 1.10. The number of hydrogen-bond donors (Lipinski definition) is 1. The molecule has 1 aliphatic rings. The molecule has 14 heavy (non-hydrogen) atoms. The Hall–Kier alpha value is -0.000000000000000111. The topological polar surface area (TPSA) is 29.1 Å². The second kappa shape index (κ2) is 4.68. The van der Waals surface area contributed by atoms with Crippen molar-refractivity contribution in [1.82, 2.24) is 5.32 Å². The summed E-state index contributed by atoms with van der Waals surface area (Å²) >= 11 is 6.74. The van der Waals surface area contributed by atoms with Crippen molar-refractivity contribution in [2.24, 2.45) is 0 Å². The number of nitrogens with one attached hydrogen (secondary N) is 1. The lowest BCUT2D eigenvalue weighted by Gasteiger charge is -2.09. The summed E-state index contributed by atoms with van der Waals surface area (Å²) in [6.45, 7) is 0. The van der Waals surface area contributed by atoms with Crippen molar-refractivity contribution in [2.45, 2.75) is 12.5 Å². The average Bonchev–Trinajstić information content (AvgIpc) is 2.75. The number of carbonyl (C=O) groups is 1. The van der Waals surface area contributed by atoms with E-state index in [1.165, 1.54) is 11.3 Å². The standard InChI is InChI=1S/C9H10BrNOS2/c10-7-2-4-14-8(7)9(12)11-6-1-3-13-5-6/h2,4,6H,1,3,5H2,(H,11,12). The molecule has 0 radical (unpaired) electrons. The van der Waals surface area contributed by atoms with Gasteiger partial charge in [0.1, 0.15) is 4.88 Å². The molecule has 2 nitrogen and oxygen atoms in total. The van der Waals surface area contributed by atoms with Crippen molar-refractivity contribution < 1.29 is 4.79 Å². The van der Waals surface area contributed by atoms with Crippen molar-refractivity contribution in [2.75, 3.05) is 11.5 Å². The molecule has 76 valence electrons. The fourth-order valence-electron chi connectivity index (χ4n) is 1.36. The number of thioether (sulfide) groups is 1. The van der Waals surface area contributed by atoms with Gasteiger partial charge in [0.15, 0.2) is 0 Å². The highest BCUT2D eigenvalue weighted by molar-refractivity contribution is 9.10. The summed E-state index contributed by atoms with van der Waals surface area (Å²) in [5.74, 6) is 2.27. The molecule has 0 aliphatic carbocycles. The van der Waals surface area contributed by atoms with Gasteiger partial charge in [-0.25, -0.2) is 0 Å². The molecular formula is C9H10BrNOS2. The van der Waals surface area contributed by atoms with Crippen LogP contribution in [0.2, 0.25) is 0 Å². The number of amides is 1. The number of carbonyl (C=O) groups excluding carboxylic acids is 1. The third-order valence-corrected chi connectivity index (χ3v) is 5.09. The second-order valence-corrected chi connectivity index (χ2v) is 6.05. The number of hydrogen-bond acceptors (Lipinski definition) is 3. The van der Waals surface area contributed by atoms with E-state index in [-0.39, 0.29) is 5.91 Å². The lowest BCUT2D eigenvalue weighted by Crippen LogP contribution is -2.34. The Labute approximate surface area is 99.6 Å². The summed E-state index contributed by atoms with van der Waals surface area (Å²) in [5.41, 5.74) is 0. The lowest BCUT2D eigenvalue weighted by molar-refractivity contribution is 0.0944. The van der Waals surface area contributed by atoms with Gasteiger partial charge in [-0.15, -0.1) is 11.3 Å². The number of rotatable bonds is 2. The van der Waals surface area contributed by atoms with Gasteiger partial charge in [0.25, 0.3) is 5.91 Å². The average molecular weight is 292 g/mol. The first-order valence-electron chi connectivity index (χ1n) is 4.39. The van der Waals surface area contributed by atoms with Gasteiger partial charge in [0, 0.05) is 16.3 Å². The molecule has 0 bridgehead atoms. The molecule has 1 aromatic heterocycles. The fourth-order valence-corrected chi connectivity index (χ4v) is 3.96. The van der Waals surface area contributed by atoms with Crippen LogP contribution in [0.4, 0.5) is 0 Å². The Balaban J connectivity index is 1.98. The van der Waals surface area contributed by atoms with Crippen molar-refractivity contribution in [3.63, 3.8) is 0 Å². The maximum atomic E-state index is 11.7. The van der Waals surface area contributed by atoms with Gasteiger partial charge >= 0.3 is 0 Å². The molecule has 1 N–H and O–H groups in total. The summed E-state index contributed by atoms with van der Waals surface area (Å²) < 4.78 is 0.894. The predicted octanol–water partition coefficient (Wildman–Crippen LogP) is 2.75. The SMILES string of the molecule is O=C(NC1CCSC1)c1sccc1Br. The van der Waals surface area contributed by atoms with Crippen LogP contribution >= 0.6 is 39.0 Å². The van der Waals surface area contributed by atoms with E-state index in [0.717, 1.165) is 27.3 Å². The summed E-state index contributed by atoms with van der Waals surface area (Å²) in [6, 6.07) is 2.27. The van der Waals surface area contributed by atoms with Gasteiger partial charge in [-0.3, -0.25) is 4.79 Å². The first-order chi connectivity index (χ1) is 6.77. The van der Waals surface area contributed by atoms with Crippen LogP contribution in [0.25, 0.3) is 0 Å². The van der Waals surface area contributed by atoms with Crippen molar-refractivity contribution in [1.29, 1.82) is 0 Å². The normalized spacial score (nSPS) is 21.1. The molecule has 1 atom stereocenters. The van der Waals surface area contributed by atoms with Gasteiger partial charge < -0.3 is 5.32 Å². The Morgan fingerprint density at radius 3 is 3.07 bits per heavy atom. The van der Waals surface area contributed by atoms with E-state index in [9.17, 15) is 4.79 Å². The van der Waals surface area contributed by atoms with E-state index in [4.69, 9.17) is 0 Å². The lowest BCUT2D eigenvalue weighted by atomic mass is 10.2. The van der Waals surface area contributed by atoms with Gasteiger partial charge in [0.2, 0.25) is 0 Å². The van der Waals surface area contributed by atoms with Crippen molar-refractivity contribution in [3.05, 3.63) is 20.8 Å². The largest absolute Gasteiger partial charge is 0.348 e. The van der Waals surface area contributed by atoms with Crippen LogP contribution < -0.4 is 5.32 Å². The van der Waals surface area contributed by atoms with E-state index in [2.05, 4.69) is 21.2 Å². The summed E-state index contributed by atoms with van der Waals surface area (Å²) in [5, 5.41) is 4.96. The quantitative estimate of drug-likeness (QED) is 0.908. The van der Waals surface area contributed by atoms with Crippen LogP contribution in [0.5, 0.6) is 0 Å². The molecular weight excluding hydrogens is 282 g/mol. The van der Waals surface area contributed by atoms with Gasteiger partial charge in [0.05, 0.1) is 0 Å². The molecule has 1 saturated heterocycles. The smallest absolute Gasteiger partial charge is 0.262 e. The van der Waals surface area contributed by atoms with Crippen molar-refractivity contribution in [3.8, 4) is 0 Å². The third kappa shape index (κ3) is 2.32. The number of thiophene rings is 1. The summed E-state index contributed by atoms with van der Waals surface area (Å²) in [4.78, 5) is 12.5. The third-order valence-electron chi connectivity index (χ3n) is 2.09. The molecule has 2 rings (SSSR count). The highest BCUT2D eigenvalue weighted by Crippen LogP contribution is 2.23. The van der Waals surface area contributed by atoms with Crippen LogP contribution in [0, 0.1) is 0 Å². The van der Waals surface area contributed by atoms with Gasteiger partial charge in [-0.1, -0.05) is 0 Å². The first-order valence-corrected chi connectivity index (χ1v) is 7.21. The fraction of sp³-hybridized carbons (Fsp3) is 0.444. The van der Waals surface area contributed by atoms with Crippen LogP contribution in [-0.4, -0.2) is 23.5 Å². The highest BCUT2D eigenvalue weighted by atomic mass is 79.9. The zero-order chi connectivity index (χ0) is 9.97. The minimum atomic E-state index is 0.0550. The molecule has 1 aromatic rings. The Morgan fingerprint density at radius 1 is 1.64 bits per heavy atom. The van der Waals surface area contributed by atoms with Crippen LogP contribution in [0.15, 0.2) is 15.9 Å². The van der Waals surface area contributed by atoms with Gasteiger partial charge in [-0.2, -0.15) is 11.8 Å². The zero-order valence-electron chi connectivity index (χ0n) is 7.46. The number of halogens is 1.